The van der Waals surface area contributed by atoms with E-state index in [1.54, 1.807) is 11.8 Å². The van der Waals surface area contributed by atoms with Crippen molar-refractivity contribution in [2.24, 2.45) is 0 Å². The molecule has 0 spiro atoms. The van der Waals surface area contributed by atoms with Crippen molar-refractivity contribution in [2.45, 2.75) is 31.4 Å². The van der Waals surface area contributed by atoms with Crippen molar-refractivity contribution in [3.63, 3.8) is 0 Å². The second-order valence-corrected chi connectivity index (χ2v) is 9.68. The van der Waals surface area contributed by atoms with Gasteiger partial charge in [-0.3, -0.25) is 4.79 Å². The third-order valence-corrected chi connectivity index (χ3v) is 7.34. The predicted octanol–water partition coefficient (Wildman–Crippen LogP) is 6.88. The van der Waals surface area contributed by atoms with Gasteiger partial charge >= 0.3 is 0 Å². The van der Waals surface area contributed by atoms with Gasteiger partial charge in [0, 0.05) is 11.1 Å². The lowest BCUT2D eigenvalue weighted by molar-refractivity contribution is -0.113. The zero-order valence-corrected chi connectivity index (χ0v) is 20.6. The number of thioether (sulfide) groups is 1. The van der Waals surface area contributed by atoms with Crippen LogP contribution in [-0.4, -0.2) is 28.0 Å². The van der Waals surface area contributed by atoms with Gasteiger partial charge in [0.2, 0.25) is 5.91 Å². The molecule has 178 valence electrons. The van der Waals surface area contributed by atoms with E-state index in [-0.39, 0.29) is 11.2 Å². The standard InChI is InChI=1S/C29H29N3O2S/c1-2-3-10-19-34-24-17-15-22(16-18-24)28-26-27(21-11-6-4-7-12-21)31-32(23-13-8-5-9-14-23)29(26)30-25(33)20-35-28/h4-9,11-18,28H,2-3,10,19-20H2,1H3,(H,30,33)/t28-/m1/s1. The summed E-state index contributed by atoms with van der Waals surface area (Å²) in [5.41, 5.74) is 4.96. The number of hydrogen-bond donors (Lipinski definition) is 1. The summed E-state index contributed by atoms with van der Waals surface area (Å²) >= 11 is 1.63. The van der Waals surface area contributed by atoms with E-state index in [9.17, 15) is 4.79 Å². The van der Waals surface area contributed by atoms with Gasteiger partial charge in [0.05, 0.1) is 29.0 Å². The average Bonchev–Trinajstić information content (AvgIpc) is 3.18. The number of amides is 1. The van der Waals surface area contributed by atoms with Gasteiger partial charge in [0.15, 0.2) is 0 Å². The highest BCUT2D eigenvalue weighted by Gasteiger charge is 2.32. The fourth-order valence-corrected chi connectivity index (χ4v) is 5.45. The molecular weight excluding hydrogens is 454 g/mol. The number of nitrogens with zero attached hydrogens (tertiary/aromatic N) is 2. The van der Waals surface area contributed by atoms with E-state index in [0.29, 0.717) is 5.75 Å². The Bertz CT molecular complexity index is 1270. The molecule has 35 heavy (non-hydrogen) atoms. The van der Waals surface area contributed by atoms with Gasteiger partial charge in [-0.05, 0) is 36.2 Å². The van der Waals surface area contributed by atoms with Gasteiger partial charge in [0.25, 0.3) is 0 Å². The van der Waals surface area contributed by atoms with Crippen LogP contribution in [-0.2, 0) is 4.79 Å². The number of unbranched alkanes of at least 4 members (excludes halogenated alkanes) is 2. The molecular formula is C29H29N3O2S. The van der Waals surface area contributed by atoms with Gasteiger partial charge in [-0.15, -0.1) is 11.8 Å². The highest BCUT2D eigenvalue weighted by Crippen LogP contribution is 2.47. The summed E-state index contributed by atoms with van der Waals surface area (Å²) in [6, 6.07) is 28.4. The minimum atomic E-state index is -0.0502. The lowest BCUT2D eigenvalue weighted by Crippen LogP contribution is -2.15. The number of anilines is 1. The number of carbonyl (C=O) groups is 1. The van der Waals surface area contributed by atoms with Crippen molar-refractivity contribution in [3.8, 4) is 22.7 Å². The molecule has 0 fully saturated rings. The Kier molecular flexibility index (Phi) is 7.19. The molecule has 0 radical (unpaired) electrons. The number of carbonyl (C=O) groups excluding carboxylic acids is 1. The van der Waals surface area contributed by atoms with Crippen molar-refractivity contribution in [1.82, 2.24) is 9.78 Å². The fraction of sp³-hybridized carbons (Fsp3) is 0.241. The van der Waals surface area contributed by atoms with Crippen LogP contribution in [0.1, 0.15) is 42.6 Å². The second-order valence-electron chi connectivity index (χ2n) is 8.59. The smallest absolute Gasteiger partial charge is 0.235 e. The molecule has 1 atom stereocenters. The Morgan fingerprint density at radius 1 is 0.971 bits per heavy atom. The summed E-state index contributed by atoms with van der Waals surface area (Å²) in [6.45, 7) is 2.92. The molecule has 1 amide bonds. The molecule has 0 saturated heterocycles. The van der Waals surface area contributed by atoms with Crippen LogP contribution in [0.2, 0.25) is 0 Å². The Morgan fingerprint density at radius 3 is 2.40 bits per heavy atom. The molecule has 5 nitrogen and oxygen atoms in total. The maximum Gasteiger partial charge on any atom is 0.235 e. The van der Waals surface area contributed by atoms with Crippen LogP contribution in [0.5, 0.6) is 5.75 Å². The zero-order valence-electron chi connectivity index (χ0n) is 19.8. The van der Waals surface area contributed by atoms with E-state index in [0.717, 1.165) is 52.7 Å². The number of hydrogen-bond acceptors (Lipinski definition) is 4. The predicted molar refractivity (Wildman–Crippen MR) is 143 cm³/mol. The highest BCUT2D eigenvalue weighted by molar-refractivity contribution is 8.00. The lowest BCUT2D eigenvalue weighted by atomic mass is 10.00. The molecule has 6 heteroatoms. The van der Waals surface area contributed by atoms with E-state index in [1.807, 2.05) is 65.3 Å². The van der Waals surface area contributed by atoms with Crippen molar-refractivity contribution >= 4 is 23.5 Å². The van der Waals surface area contributed by atoms with Crippen molar-refractivity contribution in [2.75, 3.05) is 17.7 Å². The minimum Gasteiger partial charge on any atom is -0.494 e. The molecule has 4 aromatic rings. The van der Waals surface area contributed by atoms with Gasteiger partial charge in [0.1, 0.15) is 11.6 Å². The number of aromatic nitrogens is 2. The second kappa shape index (κ2) is 10.8. The van der Waals surface area contributed by atoms with Crippen LogP contribution in [0.25, 0.3) is 16.9 Å². The Morgan fingerprint density at radius 2 is 1.69 bits per heavy atom. The first-order valence-corrected chi connectivity index (χ1v) is 13.2. The van der Waals surface area contributed by atoms with E-state index >= 15 is 0 Å². The van der Waals surface area contributed by atoms with Crippen LogP contribution in [0.3, 0.4) is 0 Å². The number of benzene rings is 3. The van der Waals surface area contributed by atoms with E-state index in [2.05, 4.69) is 36.5 Å². The van der Waals surface area contributed by atoms with Crippen LogP contribution in [0, 0.1) is 0 Å². The Hall–Kier alpha value is -3.51. The molecule has 1 aliphatic heterocycles. The monoisotopic (exact) mass is 483 g/mol. The molecule has 3 aromatic carbocycles. The maximum absolute atomic E-state index is 12.8. The van der Waals surface area contributed by atoms with Gasteiger partial charge in [-0.25, -0.2) is 4.68 Å². The summed E-state index contributed by atoms with van der Waals surface area (Å²) in [5, 5.41) is 8.12. The highest BCUT2D eigenvalue weighted by atomic mass is 32.2. The van der Waals surface area contributed by atoms with Crippen LogP contribution >= 0.6 is 11.8 Å². The van der Waals surface area contributed by atoms with Gasteiger partial charge in [-0.1, -0.05) is 80.4 Å². The number of rotatable bonds is 8. The van der Waals surface area contributed by atoms with Gasteiger partial charge in [-0.2, -0.15) is 5.10 Å². The first kappa shape index (κ1) is 23.2. The fourth-order valence-electron chi connectivity index (χ4n) is 4.32. The number of para-hydroxylation sites is 1. The lowest BCUT2D eigenvalue weighted by Gasteiger charge is -2.17. The van der Waals surface area contributed by atoms with Crippen LogP contribution in [0.4, 0.5) is 5.82 Å². The Balaban J connectivity index is 1.58. The molecule has 0 saturated carbocycles. The van der Waals surface area contributed by atoms with Crippen molar-refractivity contribution in [1.29, 1.82) is 0 Å². The third-order valence-electron chi connectivity index (χ3n) is 6.07. The summed E-state index contributed by atoms with van der Waals surface area (Å²) in [5.74, 6) is 1.96. The molecule has 2 heterocycles. The molecule has 5 rings (SSSR count). The van der Waals surface area contributed by atoms with Crippen LogP contribution in [0.15, 0.2) is 84.9 Å². The molecule has 0 unspecified atom stereocenters. The average molecular weight is 484 g/mol. The largest absolute Gasteiger partial charge is 0.494 e. The van der Waals surface area contributed by atoms with E-state index in [1.165, 1.54) is 12.8 Å². The quantitative estimate of drug-likeness (QED) is 0.278. The summed E-state index contributed by atoms with van der Waals surface area (Å²) in [4.78, 5) is 12.8. The molecule has 1 aromatic heterocycles. The first-order valence-electron chi connectivity index (χ1n) is 12.1. The van der Waals surface area contributed by atoms with Crippen molar-refractivity contribution in [3.05, 3.63) is 96.1 Å². The van der Waals surface area contributed by atoms with E-state index in [4.69, 9.17) is 9.84 Å². The molecule has 1 N–H and O–H groups in total. The SMILES string of the molecule is CCCCCOc1ccc([C@H]2SCC(=O)Nc3c2c(-c2ccccc2)nn3-c2ccccc2)cc1. The molecule has 1 aliphatic rings. The summed E-state index contributed by atoms with van der Waals surface area (Å²) in [6.07, 6.45) is 3.41. The number of ether oxygens (including phenoxy) is 1. The van der Waals surface area contributed by atoms with Crippen LogP contribution < -0.4 is 10.1 Å². The minimum absolute atomic E-state index is 0.0219. The maximum atomic E-state index is 12.8. The number of fused-ring (bicyclic) bond motifs is 1. The van der Waals surface area contributed by atoms with Gasteiger partial charge < -0.3 is 10.1 Å². The van der Waals surface area contributed by atoms with Crippen molar-refractivity contribution < 1.29 is 9.53 Å². The number of nitrogens with one attached hydrogen (secondary N) is 1. The molecule has 0 bridgehead atoms. The Labute approximate surface area is 210 Å². The molecule has 0 aliphatic carbocycles. The summed E-state index contributed by atoms with van der Waals surface area (Å²) < 4.78 is 7.79. The zero-order chi connectivity index (χ0) is 24.0. The summed E-state index contributed by atoms with van der Waals surface area (Å²) in [7, 11) is 0. The topological polar surface area (TPSA) is 56.1 Å². The normalized spacial score (nSPS) is 15.2. The first-order chi connectivity index (χ1) is 17.2. The third kappa shape index (κ3) is 5.13. The van der Waals surface area contributed by atoms with E-state index < -0.39 is 0 Å².